The first kappa shape index (κ1) is 20.9. The maximum atomic E-state index is 12.0. The first-order chi connectivity index (χ1) is 9.81. The van der Waals surface area contributed by atoms with Gasteiger partial charge in [0.1, 0.15) is 0 Å². The van der Waals surface area contributed by atoms with E-state index in [0.717, 1.165) is 32.0 Å². The molecule has 1 N–H and O–H groups in total. The summed E-state index contributed by atoms with van der Waals surface area (Å²) in [5.41, 5.74) is 0. The van der Waals surface area contributed by atoms with Crippen molar-refractivity contribution in [1.29, 1.82) is 0 Å². The first-order valence-electron chi connectivity index (χ1n) is 6.81. The summed E-state index contributed by atoms with van der Waals surface area (Å²) in [4.78, 5) is 16.0. The van der Waals surface area contributed by atoms with E-state index >= 15 is 0 Å². The van der Waals surface area contributed by atoms with Crippen molar-refractivity contribution >= 4 is 36.5 Å². The van der Waals surface area contributed by atoms with Gasteiger partial charge in [-0.2, -0.15) is 5.10 Å². The van der Waals surface area contributed by atoms with E-state index in [1.54, 1.807) is 13.3 Å². The second-order valence-electron chi connectivity index (χ2n) is 4.62. The first-order valence-corrected chi connectivity index (χ1v) is 6.81. The molecule has 2 rings (SSSR count). The molecule has 1 amide bonds. The topological polar surface area (TPSA) is 70.6 Å². The van der Waals surface area contributed by atoms with Gasteiger partial charge in [-0.1, -0.05) is 0 Å². The minimum Gasteiger partial charge on any atom is -0.383 e. The summed E-state index contributed by atoms with van der Waals surface area (Å²) in [5.74, 6) is 1.01. The average Bonchev–Trinajstić information content (AvgIpc) is 2.52. The fourth-order valence-electron chi connectivity index (χ4n) is 2.13. The third-order valence-electron chi connectivity index (χ3n) is 3.27. The van der Waals surface area contributed by atoms with E-state index in [-0.39, 0.29) is 30.7 Å². The van der Waals surface area contributed by atoms with Gasteiger partial charge in [-0.3, -0.25) is 4.79 Å². The van der Waals surface area contributed by atoms with Crippen LogP contribution in [0.4, 0.5) is 5.82 Å². The Bertz CT molecular complexity index is 416. The van der Waals surface area contributed by atoms with E-state index in [1.807, 2.05) is 17.0 Å². The standard InChI is InChI=1S/C13H21N5O2.2ClH/c1-20-10-5-14-11-13(19)18-8-6-17(7-9-18)12-3-2-4-15-16-12;;/h2-4,14H,5-11H2,1H3;2*1H. The van der Waals surface area contributed by atoms with E-state index in [1.165, 1.54) is 0 Å². The predicted molar refractivity (Wildman–Crippen MR) is 90.1 cm³/mol. The van der Waals surface area contributed by atoms with Gasteiger partial charge in [-0.15, -0.1) is 29.9 Å². The van der Waals surface area contributed by atoms with Crippen molar-refractivity contribution in [3.05, 3.63) is 18.3 Å². The molecule has 1 fully saturated rings. The number of anilines is 1. The van der Waals surface area contributed by atoms with Crippen molar-refractivity contribution < 1.29 is 9.53 Å². The average molecular weight is 352 g/mol. The van der Waals surface area contributed by atoms with E-state index in [4.69, 9.17) is 4.74 Å². The molecule has 1 saturated heterocycles. The molecule has 0 aromatic carbocycles. The molecule has 126 valence electrons. The minimum atomic E-state index is 0. The van der Waals surface area contributed by atoms with Crippen molar-refractivity contribution in [2.45, 2.75) is 0 Å². The number of nitrogens with zero attached hydrogens (tertiary/aromatic N) is 4. The number of aromatic nitrogens is 2. The van der Waals surface area contributed by atoms with Crippen LogP contribution in [0.2, 0.25) is 0 Å². The fraction of sp³-hybridized carbons (Fsp3) is 0.615. The zero-order valence-electron chi connectivity index (χ0n) is 12.6. The van der Waals surface area contributed by atoms with Crippen LogP contribution in [-0.4, -0.2) is 74.0 Å². The van der Waals surface area contributed by atoms with Crippen molar-refractivity contribution in [2.24, 2.45) is 0 Å². The van der Waals surface area contributed by atoms with Gasteiger partial charge in [0.25, 0.3) is 0 Å². The SMILES string of the molecule is COCCNCC(=O)N1CCN(c2cccnn2)CC1.Cl.Cl. The second-order valence-corrected chi connectivity index (χ2v) is 4.62. The van der Waals surface area contributed by atoms with Crippen molar-refractivity contribution in [3.63, 3.8) is 0 Å². The molecule has 0 spiro atoms. The number of piperazine rings is 1. The minimum absolute atomic E-state index is 0. The van der Waals surface area contributed by atoms with Gasteiger partial charge in [0.2, 0.25) is 5.91 Å². The van der Waals surface area contributed by atoms with Gasteiger partial charge in [0.15, 0.2) is 5.82 Å². The maximum Gasteiger partial charge on any atom is 0.236 e. The summed E-state index contributed by atoms with van der Waals surface area (Å²) >= 11 is 0. The highest BCUT2D eigenvalue weighted by Crippen LogP contribution is 2.11. The number of methoxy groups -OCH3 is 1. The van der Waals surface area contributed by atoms with Crippen LogP contribution in [0, 0.1) is 0 Å². The summed E-state index contributed by atoms with van der Waals surface area (Å²) < 4.78 is 4.93. The number of carbonyl (C=O) groups excluding carboxylic acids is 1. The molecular formula is C13H23Cl2N5O2. The van der Waals surface area contributed by atoms with Crippen molar-refractivity contribution in [1.82, 2.24) is 20.4 Å². The number of amides is 1. The van der Waals surface area contributed by atoms with E-state index in [2.05, 4.69) is 20.4 Å². The predicted octanol–water partition coefficient (Wildman–Crippen LogP) is 0.205. The van der Waals surface area contributed by atoms with Crippen LogP contribution in [0.25, 0.3) is 0 Å². The molecule has 0 bridgehead atoms. The molecule has 9 heteroatoms. The highest BCUT2D eigenvalue weighted by Gasteiger charge is 2.21. The molecule has 7 nitrogen and oxygen atoms in total. The number of hydrogen-bond donors (Lipinski definition) is 1. The Kier molecular flexibility index (Phi) is 10.8. The Balaban J connectivity index is 0.00000220. The van der Waals surface area contributed by atoms with E-state index in [9.17, 15) is 4.79 Å². The number of rotatable bonds is 6. The molecular weight excluding hydrogens is 329 g/mol. The normalized spacial score (nSPS) is 14.0. The second kappa shape index (κ2) is 11.4. The van der Waals surface area contributed by atoms with Gasteiger partial charge in [0.05, 0.1) is 13.2 Å². The highest BCUT2D eigenvalue weighted by atomic mass is 35.5. The molecule has 0 unspecified atom stereocenters. The number of nitrogens with one attached hydrogen (secondary N) is 1. The molecule has 1 aromatic rings. The number of halogens is 2. The van der Waals surface area contributed by atoms with Crippen molar-refractivity contribution in [3.8, 4) is 0 Å². The van der Waals surface area contributed by atoms with Crippen molar-refractivity contribution in [2.75, 3.05) is 57.9 Å². The molecule has 0 saturated carbocycles. The Hall–Kier alpha value is -1.15. The van der Waals surface area contributed by atoms with Crippen LogP contribution in [0.15, 0.2) is 18.3 Å². The molecule has 2 heterocycles. The summed E-state index contributed by atoms with van der Waals surface area (Å²) in [6, 6.07) is 3.82. The zero-order chi connectivity index (χ0) is 14.2. The fourth-order valence-corrected chi connectivity index (χ4v) is 2.13. The van der Waals surface area contributed by atoms with E-state index < -0.39 is 0 Å². The van der Waals surface area contributed by atoms with Gasteiger partial charge < -0.3 is 19.9 Å². The third-order valence-corrected chi connectivity index (χ3v) is 3.27. The van der Waals surface area contributed by atoms with Crippen LogP contribution in [0.1, 0.15) is 0 Å². The largest absolute Gasteiger partial charge is 0.383 e. The van der Waals surface area contributed by atoms with Gasteiger partial charge in [0, 0.05) is 46.0 Å². The molecule has 0 atom stereocenters. The number of carbonyl (C=O) groups is 1. The molecule has 1 aliphatic heterocycles. The Morgan fingerprint density at radius 3 is 2.64 bits per heavy atom. The maximum absolute atomic E-state index is 12.0. The van der Waals surface area contributed by atoms with Gasteiger partial charge >= 0.3 is 0 Å². The van der Waals surface area contributed by atoms with Crippen LogP contribution in [0.5, 0.6) is 0 Å². The monoisotopic (exact) mass is 351 g/mol. The summed E-state index contributed by atoms with van der Waals surface area (Å²) in [6.07, 6.45) is 1.66. The smallest absolute Gasteiger partial charge is 0.236 e. The third kappa shape index (κ3) is 6.31. The molecule has 0 radical (unpaired) electrons. The number of ether oxygens (including phenoxy) is 1. The molecule has 0 aliphatic carbocycles. The van der Waals surface area contributed by atoms with Crippen LogP contribution in [0.3, 0.4) is 0 Å². The zero-order valence-corrected chi connectivity index (χ0v) is 14.2. The summed E-state index contributed by atoms with van der Waals surface area (Å²) in [5, 5.41) is 11.0. The van der Waals surface area contributed by atoms with Gasteiger partial charge in [-0.25, -0.2) is 0 Å². The highest BCUT2D eigenvalue weighted by molar-refractivity contribution is 5.85. The Morgan fingerprint density at radius 1 is 1.32 bits per heavy atom. The lowest BCUT2D eigenvalue weighted by molar-refractivity contribution is -0.130. The lowest BCUT2D eigenvalue weighted by Gasteiger charge is -2.35. The Labute approximate surface area is 143 Å². The quantitative estimate of drug-likeness (QED) is 0.738. The summed E-state index contributed by atoms with van der Waals surface area (Å²) in [6.45, 7) is 4.72. The van der Waals surface area contributed by atoms with Crippen LogP contribution in [-0.2, 0) is 9.53 Å². The lowest BCUT2D eigenvalue weighted by atomic mass is 10.3. The summed E-state index contributed by atoms with van der Waals surface area (Å²) in [7, 11) is 1.65. The number of hydrogen-bond acceptors (Lipinski definition) is 6. The van der Waals surface area contributed by atoms with Crippen LogP contribution >= 0.6 is 24.8 Å². The van der Waals surface area contributed by atoms with Gasteiger partial charge in [-0.05, 0) is 12.1 Å². The lowest BCUT2D eigenvalue weighted by Crippen LogP contribution is -2.51. The Morgan fingerprint density at radius 2 is 2.05 bits per heavy atom. The molecule has 22 heavy (non-hydrogen) atoms. The van der Waals surface area contributed by atoms with E-state index in [0.29, 0.717) is 19.7 Å². The molecule has 1 aliphatic rings. The molecule has 1 aromatic heterocycles. The van der Waals surface area contributed by atoms with Crippen LogP contribution < -0.4 is 10.2 Å².